The maximum absolute atomic E-state index is 12.7. The molecule has 3 rings (SSSR count). The summed E-state index contributed by atoms with van der Waals surface area (Å²) >= 11 is 3.68. The monoisotopic (exact) mass is 578 g/mol. The van der Waals surface area contributed by atoms with Crippen molar-refractivity contribution in [2.75, 3.05) is 11.1 Å². The number of rotatable bonds is 10. The van der Waals surface area contributed by atoms with E-state index in [-0.39, 0.29) is 17.8 Å². The summed E-state index contributed by atoms with van der Waals surface area (Å²) in [6, 6.07) is 14.2. The van der Waals surface area contributed by atoms with Gasteiger partial charge in [0.05, 0.1) is 5.75 Å². The van der Waals surface area contributed by atoms with E-state index in [2.05, 4.69) is 77.1 Å². The molecule has 1 aromatic heterocycles. The Kier molecular flexibility index (Phi) is 9.19. The number of benzene rings is 2. The number of nitrogens with one attached hydrogen (secondary N) is 1. The molecule has 0 fully saturated rings. The number of anilines is 1. The predicted molar refractivity (Wildman–Crippen MR) is 143 cm³/mol. The second kappa shape index (κ2) is 11.9. The van der Waals surface area contributed by atoms with Crippen molar-refractivity contribution in [1.29, 1.82) is 0 Å². The van der Waals surface area contributed by atoms with Gasteiger partial charge in [0.2, 0.25) is 5.91 Å². The molecule has 0 aliphatic rings. The molecule has 0 spiro atoms. The summed E-state index contributed by atoms with van der Waals surface area (Å²) in [7, 11) is 0. The Morgan fingerprint density at radius 2 is 1.85 bits per heavy atom. The van der Waals surface area contributed by atoms with Crippen molar-refractivity contribution in [2.24, 2.45) is 0 Å². The van der Waals surface area contributed by atoms with Gasteiger partial charge < -0.3 is 14.6 Å². The minimum absolute atomic E-state index is 0.0596. The van der Waals surface area contributed by atoms with Gasteiger partial charge in [0, 0.05) is 15.8 Å². The van der Waals surface area contributed by atoms with Crippen LogP contribution in [0.4, 0.5) is 5.69 Å². The molecule has 1 atom stereocenters. The van der Waals surface area contributed by atoms with Crippen molar-refractivity contribution >= 4 is 45.9 Å². The maximum atomic E-state index is 12.7. The Morgan fingerprint density at radius 1 is 1.12 bits per heavy atom. The summed E-state index contributed by atoms with van der Waals surface area (Å²) in [5, 5.41) is 12.5. The largest absolute Gasteiger partial charge is 0.483 e. The number of aryl methyl sites for hydroxylation is 1. The first-order valence-electron chi connectivity index (χ1n) is 11.2. The van der Waals surface area contributed by atoms with E-state index < -0.39 is 0 Å². The zero-order valence-corrected chi connectivity index (χ0v) is 22.7. The fourth-order valence-electron chi connectivity index (χ4n) is 3.51. The van der Waals surface area contributed by atoms with E-state index in [4.69, 9.17) is 4.74 Å². The first-order chi connectivity index (χ1) is 15.8. The van der Waals surface area contributed by atoms with E-state index >= 15 is 0 Å². The average molecular weight is 579 g/mol. The molecular weight excluding hydrogens is 547 g/mol. The second-order valence-corrected chi connectivity index (χ2v) is 10.3. The Hall–Kier alpha value is -2.07. The van der Waals surface area contributed by atoms with Gasteiger partial charge in [0.15, 0.2) is 17.1 Å². The van der Waals surface area contributed by atoms with Crippen LogP contribution in [-0.4, -0.2) is 26.4 Å². The highest BCUT2D eigenvalue weighted by Gasteiger charge is 2.20. The van der Waals surface area contributed by atoms with Crippen molar-refractivity contribution in [3.63, 3.8) is 0 Å². The smallest absolute Gasteiger partial charge is 0.234 e. The third kappa shape index (κ3) is 6.72. The van der Waals surface area contributed by atoms with Gasteiger partial charge in [-0.25, -0.2) is 0 Å². The van der Waals surface area contributed by atoms with Crippen LogP contribution in [0.2, 0.25) is 0 Å². The molecule has 0 unspecified atom stereocenters. The van der Waals surface area contributed by atoms with Gasteiger partial charge in [-0.2, -0.15) is 0 Å². The van der Waals surface area contributed by atoms with Crippen molar-refractivity contribution in [3.05, 3.63) is 63.0 Å². The van der Waals surface area contributed by atoms with Crippen LogP contribution in [0.25, 0.3) is 0 Å². The zero-order chi connectivity index (χ0) is 24.0. The molecule has 0 radical (unpaired) electrons. The molecule has 1 N–H and O–H groups in total. The molecule has 1 heterocycles. The standard InChI is InChI=1S/C25H31IN4O2S/c1-6-18-8-11-20(12-9-18)32-17(5)24-28-29-25(30(24)7-2)33-15-23(31)27-22-13-10-19(26)14-21(22)16(3)4/h8-14,16-17H,6-7,15H2,1-5H3,(H,27,31)/t17-/m0/s1. The van der Waals surface area contributed by atoms with Crippen molar-refractivity contribution < 1.29 is 9.53 Å². The van der Waals surface area contributed by atoms with Crippen LogP contribution in [0, 0.1) is 3.57 Å². The number of carbonyl (C=O) groups is 1. The van der Waals surface area contributed by atoms with E-state index in [1.165, 1.54) is 17.3 Å². The van der Waals surface area contributed by atoms with Gasteiger partial charge >= 0.3 is 0 Å². The topological polar surface area (TPSA) is 69.0 Å². The SMILES string of the molecule is CCc1ccc(O[C@@H](C)c2nnc(SCC(=O)Nc3ccc(I)cc3C(C)C)n2CC)cc1. The molecule has 8 heteroatoms. The summed E-state index contributed by atoms with van der Waals surface area (Å²) in [6.45, 7) is 11.1. The van der Waals surface area contributed by atoms with Gasteiger partial charge in [0.25, 0.3) is 0 Å². The number of ether oxygens (including phenoxy) is 1. The first-order valence-corrected chi connectivity index (χ1v) is 13.3. The minimum atomic E-state index is -0.256. The normalized spacial score (nSPS) is 12.1. The van der Waals surface area contributed by atoms with E-state index in [0.717, 1.165) is 32.8 Å². The molecule has 176 valence electrons. The van der Waals surface area contributed by atoms with Crippen molar-refractivity contribution in [2.45, 2.75) is 64.8 Å². The molecule has 3 aromatic rings. The van der Waals surface area contributed by atoms with Crippen LogP contribution >= 0.6 is 34.4 Å². The lowest BCUT2D eigenvalue weighted by Crippen LogP contribution is -2.16. The Bertz CT molecular complexity index is 1080. The van der Waals surface area contributed by atoms with Crippen molar-refractivity contribution in [3.8, 4) is 5.75 Å². The number of amides is 1. The quantitative estimate of drug-likeness (QED) is 0.221. The van der Waals surface area contributed by atoms with E-state index in [1.807, 2.05) is 42.7 Å². The number of nitrogens with zero attached hydrogens (tertiary/aromatic N) is 3. The summed E-state index contributed by atoms with van der Waals surface area (Å²) in [6.07, 6.45) is 0.741. The molecular formula is C25H31IN4O2S. The predicted octanol–water partition coefficient (Wildman–Crippen LogP) is 6.46. The number of thioether (sulfide) groups is 1. The number of halogens is 1. The average Bonchev–Trinajstić information content (AvgIpc) is 3.22. The highest BCUT2D eigenvalue weighted by molar-refractivity contribution is 14.1. The fourth-order valence-corrected chi connectivity index (χ4v) is 4.83. The van der Waals surface area contributed by atoms with Gasteiger partial charge in [-0.1, -0.05) is 44.7 Å². The molecule has 0 saturated carbocycles. The summed E-state index contributed by atoms with van der Waals surface area (Å²) in [5.74, 6) is 2.08. The summed E-state index contributed by atoms with van der Waals surface area (Å²) in [4.78, 5) is 12.7. The molecule has 0 aliphatic heterocycles. The van der Waals surface area contributed by atoms with Gasteiger partial charge in [-0.15, -0.1) is 10.2 Å². The molecule has 1 amide bonds. The van der Waals surface area contributed by atoms with Crippen LogP contribution in [0.3, 0.4) is 0 Å². The third-order valence-corrected chi connectivity index (χ3v) is 6.95. The van der Waals surface area contributed by atoms with Gasteiger partial charge in [0.1, 0.15) is 5.75 Å². The highest BCUT2D eigenvalue weighted by Crippen LogP contribution is 2.28. The number of hydrogen-bond acceptors (Lipinski definition) is 5. The van der Waals surface area contributed by atoms with Crippen LogP contribution in [-0.2, 0) is 17.8 Å². The maximum Gasteiger partial charge on any atom is 0.234 e. The molecule has 0 saturated heterocycles. The first kappa shape index (κ1) is 25.6. The third-order valence-electron chi connectivity index (χ3n) is 5.31. The lowest BCUT2D eigenvalue weighted by Gasteiger charge is -2.16. The van der Waals surface area contributed by atoms with E-state index in [0.29, 0.717) is 17.6 Å². The lowest BCUT2D eigenvalue weighted by molar-refractivity contribution is -0.113. The van der Waals surface area contributed by atoms with Crippen molar-refractivity contribution in [1.82, 2.24) is 14.8 Å². The summed E-state index contributed by atoms with van der Waals surface area (Å²) < 4.78 is 9.26. The molecule has 2 aromatic carbocycles. The van der Waals surface area contributed by atoms with Gasteiger partial charge in [-0.3, -0.25) is 4.79 Å². The lowest BCUT2D eigenvalue weighted by atomic mass is 10.0. The Balaban J connectivity index is 1.64. The van der Waals surface area contributed by atoms with Crippen LogP contribution in [0.5, 0.6) is 5.75 Å². The Labute approximate surface area is 214 Å². The molecule has 33 heavy (non-hydrogen) atoms. The molecule has 0 aliphatic carbocycles. The van der Waals surface area contributed by atoms with Gasteiger partial charge in [-0.05, 0) is 90.2 Å². The van der Waals surface area contributed by atoms with E-state index in [1.54, 1.807) is 0 Å². The Morgan fingerprint density at radius 3 is 2.48 bits per heavy atom. The second-order valence-electron chi connectivity index (χ2n) is 8.07. The summed E-state index contributed by atoms with van der Waals surface area (Å²) in [5.41, 5.74) is 3.27. The number of carbonyl (C=O) groups excluding carboxylic acids is 1. The number of aromatic nitrogens is 3. The molecule has 6 nitrogen and oxygen atoms in total. The van der Waals surface area contributed by atoms with Crippen LogP contribution < -0.4 is 10.1 Å². The fraction of sp³-hybridized carbons (Fsp3) is 0.400. The number of hydrogen-bond donors (Lipinski definition) is 1. The van der Waals surface area contributed by atoms with E-state index in [9.17, 15) is 4.79 Å². The molecule has 0 bridgehead atoms. The minimum Gasteiger partial charge on any atom is -0.483 e. The van der Waals surface area contributed by atoms with Crippen LogP contribution in [0.15, 0.2) is 47.6 Å². The van der Waals surface area contributed by atoms with Crippen LogP contribution in [0.1, 0.15) is 63.6 Å². The zero-order valence-electron chi connectivity index (χ0n) is 19.8. The highest BCUT2D eigenvalue weighted by atomic mass is 127.